The van der Waals surface area contributed by atoms with Crippen molar-refractivity contribution < 1.29 is 4.79 Å². The summed E-state index contributed by atoms with van der Waals surface area (Å²) in [5.41, 5.74) is 4.21. The number of nitrogens with two attached hydrogens (primary N) is 1. The van der Waals surface area contributed by atoms with E-state index in [1.807, 2.05) is 36.1 Å². The lowest BCUT2D eigenvalue weighted by molar-refractivity contribution is -0.115. The average Bonchev–Trinajstić information content (AvgIpc) is 2.53. The molecule has 0 spiro atoms. The Kier molecular flexibility index (Phi) is 3.41. The molecule has 0 bridgehead atoms. The highest BCUT2D eigenvalue weighted by Gasteiger charge is 2.24. The number of nitrogen functional groups attached to an aromatic ring is 1. The van der Waals surface area contributed by atoms with E-state index in [0.717, 1.165) is 11.4 Å². The van der Waals surface area contributed by atoms with Crippen molar-refractivity contribution in [3.05, 3.63) is 36.2 Å². The summed E-state index contributed by atoms with van der Waals surface area (Å²) in [6, 6.07) is 9.34. The Bertz CT molecular complexity index is 665. The third-order valence-electron chi connectivity index (χ3n) is 3.27. The summed E-state index contributed by atoms with van der Waals surface area (Å²) in [7, 11) is 0. The Hall–Kier alpha value is -2.67. The van der Waals surface area contributed by atoms with Crippen LogP contribution in [0.1, 0.15) is 12.7 Å². The Morgan fingerprint density at radius 3 is 2.95 bits per heavy atom. The summed E-state index contributed by atoms with van der Waals surface area (Å²) >= 11 is 0. The number of para-hydroxylation sites is 2. The van der Waals surface area contributed by atoms with E-state index in [0.29, 0.717) is 23.9 Å². The summed E-state index contributed by atoms with van der Waals surface area (Å²) in [6.45, 7) is 2.18. The zero-order chi connectivity index (χ0) is 14.8. The van der Waals surface area contributed by atoms with Gasteiger partial charge in [-0.3, -0.25) is 4.79 Å². The molecule has 0 aliphatic carbocycles. The minimum absolute atomic E-state index is 0.0763. The minimum Gasteiger partial charge on any atom is -0.323 e. The fraction of sp³-hybridized carbons (Fsp3) is 0.214. The van der Waals surface area contributed by atoms with Crippen LogP contribution in [0.15, 0.2) is 30.3 Å². The van der Waals surface area contributed by atoms with Crippen LogP contribution >= 0.6 is 0 Å². The fourth-order valence-corrected chi connectivity index (χ4v) is 2.29. The van der Waals surface area contributed by atoms with Gasteiger partial charge in [-0.15, -0.1) is 0 Å². The van der Waals surface area contributed by atoms with Crippen molar-refractivity contribution in [2.24, 2.45) is 5.84 Å². The van der Waals surface area contributed by atoms with E-state index in [1.54, 1.807) is 6.07 Å². The van der Waals surface area contributed by atoms with Crippen molar-refractivity contribution in [1.82, 2.24) is 9.97 Å². The van der Waals surface area contributed by atoms with Crippen LogP contribution < -0.4 is 21.5 Å². The maximum Gasteiger partial charge on any atom is 0.244 e. The number of benzene rings is 1. The van der Waals surface area contributed by atoms with E-state index in [9.17, 15) is 4.79 Å². The van der Waals surface area contributed by atoms with Gasteiger partial charge >= 0.3 is 0 Å². The first-order chi connectivity index (χ1) is 10.2. The molecule has 2 aromatic rings. The van der Waals surface area contributed by atoms with Crippen LogP contribution in [-0.4, -0.2) is 22.4 Å². The molecule has 21 heavy (non-hydrogen) atoms. The maximum atomic E-state index is 11.9. The third kappa shape index (κ3) is 2.50. The van der Waals surface area contributed by atoms with Crippen molar-refractivity contribution in [3.8, 4) is 0 Å². The van der Waals surface area contributed by atoms with Gasteiger partial charge in [0.25, 0.3) is 0 Å². The number of carbonyl (C=O) groups excluding carboxylic acids is 1. The normalized spacial score (nSPS) is 13.6. The molecule has 7 nitrogen and oxygen atoms in total. The number of aryl methyl sites for hydroxylation is 1. The van der Waals surface area contributed by atoms with Gasteiger partial charge in [0.15, 0.2) is 0 Å². The molecule has 1 aromatic heterocycles. The number of anilines is 4. The van der Waals surface area contributed by atoms with Crippen LogP contribution in [0.4, 0.5) is 23.0 Å². The van der Waals surface area contributed by atoms with Crippen molar-refractivity contribution >= 4 is 28.9 Å². The van der Waals surface area contributed by atoms with E-state index in [2.05, 4.69) is 20.7 Å². The average molecular weight is 284 g/mol. The van der Waals surface area contributed by atoms with Crippen molar-refractivity contribution in [1.29, 1.82) is 0 Å². The number of aromatic nitrogens is 2. The fourth-order valence-electron chi connectivity index (χ4n) is 2.29. The molecular formula is C14H16N6O. The summed E-state index contributed by atoms with van der Waals surface area (Å²) in [5.74, 6) is 7.23. The van der Waals surface area contributed by atoms with E-state index < -0.39 is 0 Å². The summed E-state index contributed by atoms with van der Waals surface area (Å²) < 4.78 is 0. The highest BCUT2D eigenvalue weighted by molar-refractivity contribution is 6.02. The molecule has 1 aromatic carbocycles. The van der Waals surface area contributed by atoms with Crippen LogP contribution in [0.2, 0.25) is 0 Å². The quantitative estimate of drug-likeness (QED) is 0.582. The number of fused-ring (bicyclic) bond motifs is 1. The zero-order valence-electron chi connectivity index (χ0n) is 11.6. The number of nitrogens with one attached hydrogen (secondary N) is 2. The third-order valence-corrected chi connectivity index (χ3v) is 3.27. The number of hydrogen-bond acceptors (Lipinski definition) is 6. The molecule has 0 fully saturated rings. The first-order valence-electron chi connectivity index (χ1n) is 6.72. The number of amides is 1. The zero-order valence-corrected chi connectivity index (χ0v) is 11.6. The Morgan fingerprint density at radius 2 is 2.19 bits per heavy atom. The molecular weight excluding hydrogens is 268 g/mol. The van der Waals surface area contributed by atoms with Crippen molar-refractivity contribution in [3.63, 3.8) is 0 Å². The predicted molar refractivity (Wildman–Crippen MR) is 81.3 cm³/mol. The van der Waals surface area contributed by atoms with E-state index in [-0.39, 0.29) is 12.5 Å². The number of carbonyl (C=O) groups is 1. The Labute approximate surface area is 122 Å². The Balaban J connectivity index is 2.10. The lowest BCUT2D eigenvalue weighted by Crippen LogP contribution is -2.35. The van der Waals surface area contributed by atoms with Gasteiger partial charge in [-0.05, 0) is 12.1 Å². The summed E-state index contributed by atoms with van der Waals surface area (Å²) in [4.78, 5) is 22.5. The van der Waals surface area contributed by atoms with Crippen LogP contribution in [0.3, 0.4) is 0 Å². The van der Waals surface area contributed by atoms with Crippen LogP contribution in [0, 0.1) is 0 Å². The second-order valence-electron chi connectivity index (χ2n) is 4.68. The highest BCUT2D eigenvalue weighted by atomic mass is 16.2. The molecule has 7 heteroatoms. The number of hydrazine groups is 1. The molecule has 0 unspecified atom stereocenters. The lowest BCUT2D eigenvalue weighted by Gasteiger charge is -2.30. The minimum atomic E-state index is -0.0763. The SMILES string of the molecule is CCc1nc(NN)cc(N2CC(=O)Nc3ccccc32)n1. The standard InChI is InChI=1S/C14H16N6O/c1-2-11-17-12(19-15)7-13(18-11)20-8-14(21)16-9-5-3-4-6-10(9)20/h3-7H,2,8,15H2,1H3,(H,16,21)(H,17,18,19). The van der Waals surface area contributed by atoms with Crippen LogP contribution in [0.5, 0.6) is 0 Å². The summed E-state index contributed by atoms with van der Waals surface area (Å²) in [5, 5.41) is 2.85. The molecule has 1 amide bonds. The van der Waals surface area contributed by atoms with Gasteiger partial charge in [-0.2, -0.15) is 0 Å². The van der Waals surface area contributed by atoms with Gasteiger partial charge < -0.3 is 15.6 Å². The monoisotopic (exact) mass is 284 g/mol. The van der Waals surface area contributed by atoms with Crippen LogP contribution in [0.25, 0.3) is 0 Å². The van der Waals surface area contributed by atoms with E-state index in [1.165, 1.54) is 0 Å². The van der Waals surface area contributed by atoms with Gasteiger partial charge in [0.05, 0.1) is 11.4 Å². The molecule has 0 radical (unpaired) electrons. The Morgan fingerprint density at radius 1 is 1.38 bits per heavy atom. The first kappa shape index (κ1) is 13.3. The number of hydrogen-bond donors (Lipinski definition) is 3. The van der Waals surface area contributed by atoms with E-state index in [4.69, 9.17) is 5.84 Å². The van der Waals surface area contributed by atoms with Gasteiger partial charge in [0, 0.05) is 12.5 Å². The smallest absolute Gasteiger partial charge is 0.244 e. The summed E-state index contributed by atoms with van der Waals surface area (Å²) in [6.07, 6.45) is 0.685. The highest BCUT2D eigenvalue weighted by Crippen LogP contribution is 2.34. The topological polar surface area (TPSA) is 96.2 Å². The predicted octanol–water partition coefficient (Wildman–Crippen LogP) is 1.41. The largest absolute Gasteiger partial charge is 0.323 e. The lowest BCUT2D eigenvalue weighted by atomic mass is 10.2. The molecule has 0 saturated carbocycles. The van der Waals surface area contributed by atoms with Crippen molar-refractivity contribution in [2.75, 3.05) is 22.2 Å². The molecule has 1 aliphatic rings. The molecule has 108 valence electrons. The number of rotatable bonds is 3. The maximum absolute atomic E-state index is 11.9. The van der Waals surface area contributed by atoms with Crippen LogP contribution in [-0.2, 0) is 11.2 Å². The van der Waals surface area contributed by atoms with Gasteiger partial charge in [0.1, 0.15) is 24.0 Å². The molecule has 4 N–H and O–H groups in total. The second kappa shape index (κ2) is 5.37. The van der Waals surface area contributed by atoms with Crippen molar-refractivity contribution in [2.45, 2.75) is 13.3 Å². The molecule has 0 saturated heterocycles. The first-order valence-corrected chi connectivity index (χ1v) is 6.72. The second-order valence-corrected chi connectivity index (χ2v) is 4.68. The number of nitrogens with zero attached hydrogens (tertiary/aromatic N) is 3. The van der Waals surface area contributed by atoms with E-state index >= 15 is 0 Å². The van der Waals surface area contributed by atoms with Gasteiger partial charge in [0.2, 0.25) is 5.91 Å². The molecule has 0 atom stereocenters. The van der Waals surface area contributed by atoms with Gasteiger partial charge in [-0.25, -0.2) is 15.8 Å². The molecule has 2 heterocycles. The molecule has 3 rings (SSSR count). The molecule has 1 aliphatic heterocycles. The van der Waals surface area contributed by atoms with Gasteiger partial charge in [-0.1, -0.05) is 19.1 Å².